The molecule has 2 aromatic carbocycles. The molecule has 0 heterocycles. The summed E-state index contributed by atoms with van der Waals surface area (Å²) in [6.07, 6.45) is 2.96. The number of methoxy groups -OCH3 is 1. The summed E-state index contributed by atoms with van der Waals surface area (Å²) in [5.41, 5.74) is 3.16. The molecule has 3 rings (SSSR count). The Bertz CT molecular complexity index is 830. The normalized spacial score (nSPS) is 17.0. The lowest BCUT2D eigenvalue weighted by Crippen LogP contribution is -2.18. The number of benzene rings is 2. The van der Waals surface area contributed by atoms with Crippen molar-refractivity contribution in [3.05, 3.63) is 75.9 Å². The molecule has 0 fully saturated rings. The van der Waals surface area contributed by atoms with Gasteiger partial charge in [0.15, 0.2) is 5.78 Å². The van der Waals surface area contributed by atoms with Crippen molar-refractivity contribution in [3.63, 3.8) is 0 Å². The maximum absolute atomic E-state index is 11.9. The fraction of sp³-hybridized carbons (Fsp3) is 0.200. The predicted octanol–water partition coefficient (Wildman–Crippen LogP) is 4.68. The fourth-order valence-corrected chi connectivity index (χ4v) is 3.52. The Labute approximate surface area is 155 Å². The number of esters is 1. The fourth-order valence-electron chi connectivity index (χ4n) is 2.99. The molecular weight excluding hydrogens is 382 g/mol. The highest BCUT2D eigenvalue weighted by molar-refractivity contribution is 9.10. The van der Waals surface area contributed by atoms with E-state index in [1.54, 1.807) is 18.2 Å². The van der Waals surface area contributed by atoms with Crippen LogP contribution in [0.5, 0.6) is 0 Å². The van der Waals surface area contributed by atoms with Gasteiger partial charge in [-0.25, -0.2) is 4.79 Å². The molecule has 25 heavy (non-hydrogen) atoms. The van der Waals surface area contributed by atoms with E-state index in [1.807, 2.05) is 24.3 Å². The molecule has 2 aromatic rings. The van der Waals surface area contributed by atoms with Gasteiger partial charge in [0.25, 0.3) is 0 Å². The molecule has 1 atom stereocenters. The molecule has 1 aliphatic carbocycles. The van der Waals surface area contributed by atoms with E-state index in [9.17, 15) is 9.59 Å². The van der Waals surface area contributed by atoms with E-state index in [4.69, 9.17) is 4.74 Å². The van der Waals surface area contributed by atoms with Crippen LogP contribution in [0.2, 0.25) is 0 Å². The summed E-state index contributed by atoms with van der Waals surface area (Å²) < 4.78 is 5.42. The molecule has 0 spiro atoms. The van der Waals surface area contributed by atoms with E-state index in [1.165, 1.54) is 7.11 Å². The van der Waals surface area contributed by atoms with E-state index in [-0.39, 0.29) is 11.7 Å². The molecule has 0 aromatic heterocycles. The molecule has 0 saturated carbocycles. The molecule has 1 aliphatic rings. The zero-order valence-electron chi connectivity index (χ0n) is 13.8. The Morgan fingerprint density at radius 1 is 1.16 bits per heavy atom. The maximum atomic E-state index is 11.9. The first-order valence-corrected chi connectivity index (χ1v) is 8.82. The zero-order valence-corrected chi connectivity index (χ0v) is 15.4. The predicted molar refractivity (Wildman–Crippen MR) is 101 cm³/mol. The van der Waals surface area contributed by atoms with Crippen molar-refractivity contribution in [1.82, 2.24) is 0 Å². The second-order valence-corrected chi connectivity index (χ2v) is 6.64. The summed E-state index contributed by atoms with van der Waals surface area (Å²) in [5.74, 6) is -0.189. The third-order valence-electron chi connectivity index (χ3n) is 4.26. The van der Waals surface area contributed by atoms with Crippen molar-refractivity contribution in [3.8, 4) is 0 Å². The molecule has 5 heteroatoms. The Kier molecular flexibility index (Phi) is 5.34. The molecule has 0 radical (unpaired) electrons. The number of ketones is 1. The monoisotopic (exact) mass is 399 g/mol. The van der Waals surface area contributed by atoms with Crippen molar-refractivity contribution in [1.29, 1.82) is 0 Å². The molecule has 1 N–H and O–H groups in total. The van der Waals surface area contributed by atoms with Crippen LogP contribution in [0.3, 0.4) is 0 Å². The molecule has 4 nitrogen and oxygen atoms in total. The molecule has 1 unspecified atom stereocenters. The number of ether oxygens (including phenoxy) is 1. The average Bonchev–Trinajstić information content (AvgIpc) is 2.64. The molecular formula is C20H18BrNO3. The lowest BCUT2D eigenvalue weighted by molar-refractivity contribution is -0.115. The van der Waals surface area contributed by atoms with Crippen LogP contribution in [-0.2, 0) is 9.53 Å². The first kappa shape index (κ1) is 17.4. The number of carbonyl (C=O) groups is 2. The van der Waals surface area contributed by atoms with Crippen molar-refractivity contribution >= 4 is 33.4 Å². The van der Waals surface area contributed by atoms with Crippen LogP contribution in [0.4, 0.5) is 5.69 Å². The van der Waals surface area contributed by atoms with Gasteiger partial charge in [-0.05, 0) is 40.0 Å². The highest BCUT2D eigenvalue weighted by Crippen LogP contribution is 2.36. The topological polar surface area (TPSA) is 55.4 Å². The number of halogens is 1. The summed E-state index contributed by atoms with van der Waals surface area (Å²) in [6.45, 7) is 0. The van der Waals surface area contributed by atoms with E-state index < -0.39 is 5.97 Å². The molecule has 128 valence electrons. The number of nitrogens with one attached hydrogen (secondary N) is 1. The van der Waals surface area contributed by atoms with Gasteiger partial charge in [0, 0.05) is 24.1 Å². The summed E-state index contributed by atoms with van der Waals surface area (Å²) in [5, 5.41) is 3.33. The quantitative estimate of drug-likeness (QED) is 0.758. The Balaban J connectivity index is 1.95. The average molecular weight is 400 g/mol. The minimum atomic E-state index is -0.413. The Hall–Kier alpha value is -2.40. The van der Waals surface area contributed by atoms with Gasteiger partial charge in [0.1, 0.15) is 0 Å². The van der Waals surface area contributed by atoms with Crippen LogP contribution in [0.25, 0.3) is 0 Å². The SMILES string of the molecule is COC(=O)c1cccc(NC2=CC(=O)CCC2c2ccccc2)c1Br. The number of allylic oxidation sites excluding steroid dienone is 2. The van der Waals surface area contributed by atoms with Gasteiger partial charge in [0.2, 0.25) is 0 Å². The maximum Gasteiger partial charge on any atom is 0.339 e. The highest BCUT2D eigenvalue weighted by Gasteiger charge is 2.24. The van der Waals surface area contributed by atoms with Crippen LogP contribution in [-0.4, -0.2) is 18.9 Å². The van der Waals surface area contributed by atoms with Gasteiger partial charge in [0.05, 0.1) is 22.8 Å². The van der Waals surface area contributed by atoms with E-state index in [0.717, 1.165) is 23.4 Å². The van der Waals surface area contributed by atoms with Crippen LogP contribution in [0.15, 0.2) is 64.8 Å². The third kappa shape index (κ3) is 3.82. The zero-order chi connectivity index (χ0) is 17.8. The first-order chi connectivity index (χ1) is 12.1. The minimum Gasteiger partial charge on any atom is -0.465 e. The van der Waals surface area contributed by atoms with E-state index >= 15 is 0 Å². The third-order valence-corrected chi connectivity index (χ3v) is 5.11. The summed E-state index contributed by atoms with van der Waals surface area (Å²) >= 11 is 3.47. The number of rotatable bonds is 4. The van der Waals surface area contributed by atoms with E-state index in [0.29, 0.717) is 16.5 Å². The summed E-state index contributed by atoms with van der Waals surface area (Å²) in [6, 6.07) is 15.4. The van der Waals surface area contributed by atoms with Crippen LogP contribution in [0, 0.1) is 0 Å². The van der Waals surface area contributed by atoms with Crippen LogP contribution < -0.4 is 5.32 Å². The number of hydrogen-bond acceptors (Lipinski definition) is 4. The standard InChI is InChI=1S/C20H18BrNO3/c1-25-20(24)16-8-5-9-17(19(16)21)22-18-12-14(23)10-11-15(18)13-6-3-2-4-7-13/h2-9,12,15,22H,10-11H2,1H3. The summed E-state index contributed by atoms with van der Waals surface area (Å²) in [4.78, 5) is 23.8. The summed E-state index contributed by atoms with van der Waals surface area (Å²) in [7, 11) is 1.35. The van der Waals surface area contributed by atoms with Gasteiger partial charge in [-0.3, -0.25) is 4.79 Å². The van der Waals surface area contributed by atoms with E-state index in [2.05, 4.69) is 33.4 Å². The van der Waals surface area contributed by atoms with Crippen LogP contribution in [0.1, 0.15) is 34.7 Å². The molecule has 0 saturated heterocycles. The number of hydrogen-bond donors (Lipinski definition) is 1. The van der Waals surface area contributed by atoms with Gasteiger partial charge in [-0.2, -0.15) is 0 Å². The van der Waals surface area contributed by atoms with Crippen LogP contribution >= 0.6 is 15.9 Å². The largest absolute Gasteiger partial charge is 0.465 e. The van der Waals surface area contributed by atoms with Crippen molar-refractivity contribution in [2.24, 2.45) is 0 Å². The number of carbonyl (C=O) groups excluding carboxylic acids is 2. The van der Waals surface area contributed by atoms with Crippen molar-refractivity contribution in [2.45, 2.75) is 18.8 Å². The minimum absolute atomic E-state index is 0.106. The first-order valence-electron chi connectivity index (χ1n) is 8.03. The van der Waals surface area contributed by atoms with Gasteiger partial charge in [-0.15, -0.1) is 0 Å². The molecule has 0 amide bonds. The molecule has 0 bridgehead atoms. The van der Waals surface area contributed by atoms with Crippen molar-refractivity contribution < 1.29 is 14.3 Å². The lowest BCUT2D eigenvalue weighted by atomic mass is 9.85. The molecule has 0 aliphatic heterocycles. The van der Waals surface area contributed by atoms with Crippen molar-refractivity contribution in [2.75, 3.05) is 12.4 Å². The smallest absolute Gasteiger partial charge is 0.339 e. The lowest BCUT2D eigenvalue weighted by Gasteiger charge is -2.26. The van der Waals surface area contributed by atoms with Gasteiger partial charge in [-0.1, -0.05) is 36.4 Å². The highest BCUT2D eigenvalue weighted by atomic mass is 79.9. The second-order valence-electron chi connectivity index (χ2n) is 5.85. The Morgan fingerprint density at radius 2 is 1.92 bits per heavy atom. The number of anilines is 1. The van der Waals surface area contributed by atoms with Gasteiger partial charge < -0.3 is 10.1 Å². The Morgan fingerprint density at radius 3 is 2.64 bits per heavy atom. The van der Waals surface area contributed by atoms with Gasteiger partial charge >= 0.3 is 5.97 Å². The second kappa shape index (κ2) is 7.66.